The lowest BCUT2D eigenvalue weighted by atomic mass is 9.98. The number of carbonyl (C=O) groups excluding carboxylic acids is 1. The van der Waals surface area contributed by atoms with Gasteiger partial charge in [0.25, 0.3) is 0 Å². The summed E-state index contributed by atoms with van der Waals surface area (Å²) in [5.41, 5.74) is 13.2. The molecule has 0 aliphatic carbocycles. The second kappa shape index (κ2) is 8.97. The number of fused-ring (bicyclic) bond motifs is 1. The summed E-state index contributed by atoms with van der Waals surface area (Å²) in [6.45, 7) is 7.17. The van der Waals surface area contributed by atoms with Gasteiger partial charge in [0, 0.05) is 19.6 Å². The van der Waals surface area contributed by atoms with E-state index in [4.69, 9.17) is 5.73 Å². The Morgan fingerprint density at radius 2 is 1.67 bits per heavy atom. The predicted octanol–water partition coefficient (Wildman–Crippen LogP) is 4.52. The van der Waals surface area contributed by atoms with Crippen molar-refractivity contribution in [3.05, 3.63) is 102 Å². The minimum atomic E-state index is -0.0774. The zero-order valence-electron chi connectivity index (χ0n) is 17.1. The molecule has 3 aromatic rings. The monoisotopic (exact) mass is 397 g/mol. The largest absolute Gasteiger partial charge is 0.397 e. The van der Waals surface area contributed by atoms with E-state index in [-0.39, 0.29) is 5.91 Å². The number of carbonyl (C=O) groups is 1. The Bertz CT molecular complexity index is 1060. The summed E-state index contributed by atoms with van der Waals surface area (Å²) in [4.78, 5) is 14.8. The van der Waals surface area contributed by atoms with Gasteiger partial charge in [0.1, 0.15) is 0 Å². The minimum Gasteiger partial charge on any atom is -0.397 e. The number of amides is 1. The third kappa shape index (κ3) is 4.78. The van der Waals surface area contributed by atoms with Crippen LogP contribution in [0, 0.1) is 0 Å². The molecule has 0 aromatic heterocycles. The summed E-state index contributed by atoms with van der Waals surface area (Å²) in [5.74, 6) is -0.0774. The van der Waals surface area contributed by atoms with Gasteiger partial charge < -0.3 is 11.1 Å². The molecule has 0 saturated carbocycles. The fourth-order valence-corrected chi connectivity index (χ4v) is 3.90. The van der Waals surface area contributed by atoms with Crippen LogP contribution < -0.4 is 11.1 Å². The van der Waals surface area contributed by atoms with Gasteiger partial charge in [-0.25, -0.2) is 0 Å². The Kier molecular flexibility index (Phi) is 5.96. The van der Waals surface area contributed by atoms with Crippen LogP contribution >= 0.6 is 0 Å². The maximum Gasteiger partial charge on any atom is 0.228 e. The quantitative estimate of drug-likeness (QED) is 0.601. The highest BCUT2D eigenvalue weighted by atomic mass is 16.1. The van der Waals surface area contributed by atoms with Crippen molar-refractivity contribution in [2.75, 3.05) is 24.1 Å². The van der Waals surface area contributed by atoms with Crippen LogP contribution in [0.3, 0.4) is 0 Å². The molecule has 0 unspecified atom stereocenters. The van der Waals surface area contributed by atoms with Gasteiger partial charge in [0.15, 0.2) is 0 Å². The van der Waals surface area contributed by atoms with E-state index in [1.165, 1.54) is 11.1 Å². The van der Waals surface area contributed by atoms with Gasteiger partial charge in [-0.3, -0.25) is 9.69 Å². The van der Waals surface area contributed by atoms with E-state index in [0.717, 1.165) is 42.8 Å². The van der Waals surface area contributed by atoms with Crippen molar-refractivity contribution in [1.82, 2.24) is 4.90 Å². The van der Waals surface area contributed by atoms with E-state index in [0.29, 0.717) is 17.8 Å². The van der Waals surface area contributed by atoms with Crippen LogP contribution in [0.15, 0.2) is 79.4 Å². The molecule has 3 N–H and O–H groups in total. The van der Waals surface area contributed by atoms with Crippen LogP contribution in [0.1, 0.15) is 22.3 Å². The maximum atomic E-state index is 12.3. The lowest BCUT2D eigenvalue weighted by Crippen LogP contribution is -2.31. The van der Waals surface area contributed by atoms with Gasteiger partial charge in [0.2, 0.25) is 5.91 Å². The summed E-state index contributed by atoms with van der Waals surface area (Å²) in [5, 5.41) is 2.87. The molecule has 4 rings (SSSR count). The first-order valence-electron chi connectivity index (χ1n) is 10.3. The van der Waals surface area contributed by atoms with Gasteiger partial charge in [-0.15, -0.1) is 0 Å². The van der Waals surface area contributed by atoms with Gasteiger partial charge in [0.05, 0.1) is 17.8 Å². The minimum absolute atomic E-state index is 0.0774. The number of nitrogens with one attached hydrogen (secondary N) is 1. The molecule has 4 heteroatoms. The molecule has 0 fully saturated rings. The van der Waals surface area contributed by atoms with Gasteiger partial charge in [-0.05, 0) is 46.4 Å². The number of hydrogen-bond acceptors (Lipinski definition) is 3. The van der Waals surface area contributed by atoms with Crippen LogP contribution in [-0.4, -0.2) is 23.9 Å². The molecule has 0 atom stereocenters. The lowest BCUT2D eigenvalue weighted by Gasteiger charge is -2.29. The first-order valence-corrected chi connectivity index (χ1v) is 10.3. The molecule has 1 heterocycles. The second-order valence-corrected chi connectivity index (χ2v) is 7.84. The fourth-order valence-electron chi connectivity index (χ4n) is 3.90. The van der Waals surface area contributed by atoms with E-state index in [1.807, 2.05) is 24.3 Å². The summed E-state index contributed by atoms with van der Waals surface area (Å²) in [6.07, 6.45) is 1.40. The molecular formula is C26H27N3O. The second-order valence-electron chi connectivity index (χ2n) is 7.84. The number of benzene rings is 3. The molecule has 152 valence electrons. The number of anilines is 2. The number of nitrogen functional groups attached to an aromatic ring is 1. The van der Waals surface area contributed by atoms with E-state index in [9.17, 15) is 4.79 Å². The molecule has 0 bridgehead atoms. The van der Waals surface area contributed by atoms with Gasteiger partial charge in [-0.2, -0.15) is 0 Å². The SMILES string of the molecule is C=C(CN1CCc2ccccc2C1)c1ccc(CC(=O)Nc2ccccc2N)cc1. The standard InChI is InChI=1S/C26H27N3O/c1-19(17-29-15-14-22-6-2-3-7-23(22)18-29)21-12-10-20(11-13-21)16-26(30)28-25-9-5-4-8-24(25)27/h2-13H,1,14-18,27H2,(H,28,30). The van der Waals surface area contributed by atoms with Crippen molar-refractivity contribution in [3.8, 4) is 0 Å². The van der Waals surface area contributed by atoms with Crippen molar-refractivity contribution in [2.45, 2.75) is 19.4 Å². The first-order chi connectivity index (χ1) is 14.6. The van der Waals surface area contributed by atoms with Crippen molar-refractivity contribution >= 4 is 22.9 Å². The lowest BCUT2D eigenvalue weighted by molar-refractivity contribution is -0.115. The topological polar surface area (TPSA) is 58.4 Å². The average molecular weight is 398 g/mol. The molecule has 30 heavy (non-hydrogen) atoms. The van der Waals surface area contributed by atoms with Crippen LogP contribution in [0.2, 0.25) is 0 Å². The van der Waals surface area contributed by atoms with Crippen molar-refractivity contribution in [3.63, 3.8) is 0 Å². The number of rotatable bonds is 6. The predicted molar refractivity (Wildman–Crippen MR) is 124 cm³/mol. The van der Waals surface area contributed by atoms with Gasteiger partial charge >= 0.3 is 0 Å². The van der Waals surface area contributed by atoms with E-state index in [1.54, 1.807) is 12.1 Å². The zero-order valence-corrected chi connectivity index (χ0v) is 17.1. The number of nitrogens with zero attached hydrogens (tertiary/aromatic N) is 1. The van der Waals surface area contributed by atoms with E-state index >= 15 is 0 Å². The van der Waals surface area contributed by atoms with Crippen LogP contribution in [0.5, 0.6) is 0 Å². The highest BCUT2D eigenvalue weighted by molar-refractivity contribution is 5.95. The molecule has 1 aliphatic heterocycles. The maximum absolute atomic E-state index is 12.3. The highest BCUT2D eigenvalue weighted by Crippen LogP contribution is 2.22. The van der Waals surface area contributed by atoms with E-state index < -0.39 is 0 Å². The Labute approximate surface area is 178 Å². The number of nitrogens with two attached hydrogens (primary N) is 1. The molecule has 4 nitrogen and oxygen atoms in total. The van der Waals surface area contributed by atoms with Crippen molar-refractivity contribution in [1.29, 1.82) is 0 Å². The van der Waals surface area contributed by atoms with E-state index in [2.05, 4.69) is 53.2 Å². The fraction of sp³-hybridized carbons (Fsp3) is 0.192. The molecule has 0 spiro atoms. The van der Waals surface area contributed by atoms with Crippen molar-refractivity contribution < 1.29 is 4.79 Å². The molecule has 3 aromatic carbocycles. The number of para-hydroxylation sites is 2. The first kappa shape index (κ1) is 19.9. The normalized spacial score (nSPS) is 13.5. The third-order valence-corrected chi connectivity index (χ3v) is 5.59. The highest BCUT2D eigenvalue weighted by Gasteiger charge is 2.16. The zero-order chi connectivity index (χ0) is 20.9. The molecule has 1 aliphatic rings. The Morgan fingerprint density at radius 1 is 0.967 bits per heavy atom. The number of hydrogen-bond donors (Lipinski definition) is 2. The summed E-state index contributed by atoms with van der Waals surface area (Å²) >= 11 is 0. The average Bonchev–Trinajstić information content (AvgIpc) is 2.76. The molecule has 1 amide bonds. The Morgan fingerprint density at radius 3 is 2.43 bits per heavy atom. The molecular weight excluding hydrogens is 370 g/mol. The van der Waals surface area contributed by atoms with Crippen LogP contribution in [-0.2, 0) is 24.2 Å². The Balaban J connectivity index is 1.32. The summed E-state index contributed by atoms with van der Waals surface area (Å²) in [6, 6.07) is 24.1. The summed E-state index contributed by atoms with van der Waals surface area (Å²) < 4.78 is 0. The summed E-state index contributed by atoms with van der Waals surface area (Å²) in [7, 11) is 0. The van der Waals surface area contributed by atoms with Crippen LogP contribution in [0.4, 0.5) is 11.4 Å². The third-order valence-electron chi connectivity index (χ3n) is 5.59. The Hall–Kier alpha value is -3.37. The van der Waals surface area contributed by atoms with Crippen molar-refractivity contribution in [2.24, 2.45) is 0 Å². The smallest absolute Gasteiger partial charge is 0.228 e. The van der Waals surface area contributed by atoms with Crippen LogP contribution in [0.25, 0.3) is 5.57 Å². The molecule has 0 saturated heterocycles. The van der Waals surface area contributed by atoms with Gasteiger partial charge in [-0.1, -0.05) is 67.2 Å². The molecule has 0 radical (unpaired) electrons.